The van der Waals surface area contributed by atoms with E-state index in [1.807, 2.05) is 42.5 Å². The van der Waals surface area contributed by atoms with E-state index in [0.29, 0.717) is 17.9 Å². The summed E-state index contributed by atoms with van der Waals surface area (Å²) in [7, 11) is 0. The molecule has 0 fully saturated rings. The highest BCUT2D eigenvalue weighted by atomic mass is 35.5. The first-order chi connectivity index (χ1) is 12.8. The van der Waals surface area contributed by atoms with Gasteiger partial charge in [0.05, 0.1) is 6.07 Å². The van der Waals surface area contributed by atoms with Crippen LogP contribution in [-0.4, -0.2) is 20.5 Å². The van der Waals surface area contributed by atoms with Crippen molar-refractivity contribution in [1.82, 2.24) is 14.8 Å². The van der Waals surface area contributed by atoms with Crippen molar-refractivity contribution < 1.29 is 0 Å². The molecule has 0 bridgehead atoms. The second-order valence-corrected chi connectivity index (χ2v) is 7.34. The van der Waals surface area contributed by atoms with Crippen molar-refractivity contribution in [3.8, 4) is 11.8 Å². The van der Waals surface area contributed by atoms with E-state index in [0.717, 1.165) is 35.3 Å². The Labute approximate surface area is 162 Å². The van der Waals surface area contributed by atoms with Crippen LogP contribution in [0.25, 0.3) is 5.69 Å². The minimum absolute atomic E-state index is 0.601. The summed E-state index contributed by atoms with van der Waals surface area (Å²) in [5.74, 6) is 1.82. The zero-order chi connectivity index (χ0) is 18.2. The Morgan fingerprint density at radius 1 is 1.00 bits per heavy atom. The van der Waals surface area contributed by atoms with Crippen molar-refractivity contribution in [2.24, 2.45) is 0 Å². The molecule has 0 aliphatic rings. The van der Waals surface area contributed by atoms with E-state index in [1.54, 1.807) is 11.8 Å². The first kappa shape index (κ1) is 18.5. The number of unbranched alkanes of at least 4 members (excludes halogenated alkanes) is 2. The van der Waals surface area contributed by atoms with Crippen molar-refractivity contribution in [3.05, 3.63) is 71.0 Å². The van der Waals surface area contributed by atoms with Gasteiger partial charge in [-0.3, -0.25) is 4.57 Å². The SMILES string of the molecule is N#CCCCCSc1nnc(Cc2ccccc2)n1-c1ccc(Cl)cc1. The first-order valence-corrected chi connectivity index (χ1v) is 9.88. The molecule has 3 rings (SSSR count). The monoisotopic (exact) mass is 382 g/mol. The Morgan fingerprint density at radius 2 is 1.77 bits per heavy atom. The van der Waals surface area contributed by atoms with Gasteiger partial charge in [0.25, 0.3) is 0 Å². The predicted octanol–water partition coefficient (Wildman–Crippen LogP) is 5.30. The van der Waals surface area contributed by atoms with Crippen molar-refractivity contribution >= 4 is 23.4 Å². The van der Waals surface area contributed by atoms with Gasteiger partial charge >= 0.3 is 0 Å². The number of hydrogen-bond donors (Lipinski definition) is 0. The highest BCUT2D eigenvalue weighted by Crippen LogP contribution is 2.25. The van der Waals surface area contributed by atoms with Gasteiger partial charge in [-0.2, -0.15) is 5.26 Å². The molecular weight excluding hydrogens is 364 g/mol. The van der Waals surface area contributed by atoms with E-state index in [-0.39, 0.29) is 0 Å². The van der Waals surface area contributed by atoms with Crippen LogP contribution < -0.4 is 0 Å². The third-order valence-electron chi connectivity index (χ3n) is 3.90. The molecule has 4 nitrogen and oxygen atoms in total. The molecule has 1 heterocycles. The minimum Gasteiger partial charge on any atom is -0.274 e. The van der Waals surface area contributed by atoms with Crippen LogP contribution in [0.15, 0.2) is 59.8 Å². The summed E-state index contributed by atoms with van der Waals surface area (Å²) in [6.07, 6.45) is 3.21. The number of benzene rings is 2. The van der Waals surface area contributed by atoms with Crippen molar-refractivity contribution in [1.29, 1.82) is 5.26 Å². The first-order valence-electron chi connectivity index (χ1n) is 8.52. The van der Waals surface area contributed by atoms with Crippen LogP contribution in [0.5, 0.6) is 0 Å². The number of nitriles is 1. The second-order valence-electron chi connectivity index (χ2n) is 5.84. The van der Waals surface area contributed by atoms with Crippen LogP contribution in [0.4, 0.5) is 0 Å². The van der Waals surface area contributed by atoms with Gasteiger partial charge in [-0.25, -0.2) is 0 Å². The van der Waals surface area contributed by atoms with Crippen LogP contribution in [0, 0.1) is 11.3 Å². The zero-order valence-corrected chi connectivity index (χ0v) is 15.9. The maximum absolute atomic E-state index is 8.65. The molecule has 0 radical (unpaired) electrons. The molecule has 0 unspecified atom stereocenters. The molecular formula is C20H19ClN4S. The number of rotatable bonds is 8. The van der Waals surface area contributed by atoms with Gasteiger partial charge < -0.3 is 0 Å². The van der Waals surface area contributed by atoms with Gasteiger partial charge in [0.1, 0.15) is 5.82 Å². The third kappa shape index (κ3) is 4.87. The topological polar surface area (TPSA) is 54.5 Å². The van der Waals surface area contributed by atoms with Gasteiger partial charge in [0, 0.05) is 29.3 Å². The lowest BCUT2D eigenvalue weighted by molar-refractivity contribution is 0.818. The largest absolute Gasteiger partial charge is 0.274 e. The average Bonchev–Trinajstić information content (AvgIpc) is 3.05. The highest BCUT2D eigenvalue weighted by molar-refractivity contribution is 7.99. The van der Waals surface area contributed by atoms with Crippen LogP contribution in [-0.2, 0) is 6.42 Å². The van der Waals surface area contributed by atoms with E-state index >= 15 is 0 Å². The average molecular weight is 383 g/mol. The molecule has 0 amide bonds. The quantitative estimate of drug-likeness (QED) is 0.392. The maximum atomic E-state index is 8.65. The zero-order valence-electron chi connectivity index (χ0n) is 14.3. The fourth-order valence-electron chi connectivity index (χ4n) is 2.61. The molecule has 0 saturated carbocycles. The molecule has 26 heavy (non-hydrogen) atoms. The van der Waals surface area contributed by atoms with Crippen LogP contribution >= 0.6 is 23.4 Å². The Hall–Kier alpha value is -2.29. The van der Waals surface area contributed by atoms with Gasteiger partial charge in [0.2, 0.25) is 0 Å². The lowest BCUT2D eigenvalue weighted by atomic mass is 10.1. The maximum Gasteiger partial charge on any atom is 0.195 e. The standard InChI is InChI=1S/C20H19ClN4S/c21-17-9-11-18(12-10-17)25-19(15-16-7-3-1-4-8-16)23-24-20(25)26-14-6-2-5-13-22/h1,3-4,7-12H,2,5-6,14-15H2. The van der Waals surface area contributed by atoms with Crippen LogP contribution in [0.2, 0.25) is 5.02 Å². The summed E-state index contributed by atoms with van der Waals surface area (Å²) < 4.78 is 2.10. The summed E-state index contributed by atoms with van der Waals surface area (Å²) in [4.78, 5) is 0. The van der Waals surface area contributed by atoms with Crippen LogP contribution in [0.3, 0.4) is 0 Å². The lowest BCUT2D eigenvalue weighted by Gasteiger charge is -2.10. The van der Waals surface area contributed by atoms with Crippen LogP contribution in [0.1, 0.15) is 30.7 Å². The fraction of sp³-hybridized carbons (Fsp3) is 0.250. The highest BCUT2D eigenvalue weighted by Gasteiger charge is 2.15. The fourth-order valence-corrected chi connectivity index (χ4v) is 3.70. The van der Waals surface area contributed by atoms with E-state index in [2.05, 4.69) is 33.0 Å². The molecule has 3 aromatic rings. The molecule has 0 saturated heterocycles. The molecule has 2 aromatic carbocycles. The summed E-state index contributed by atoms with van der Waals surface area (Å²) >= 11 is 7.72. The van der Waals surface area contributed by atoms with E-state index in [9.17, 15) is 0 Å². The molecule has 0 spiro atoms. The summed E-state index contributed by atoms with van der Waals surface area (Å²) in [5, 5.41) is 19.1. The molecule has 132 valence electrons. The molecule has 0 aliphatic carbocycles. The van der Waals surface area contributed by atoms with Gasteiger partial charge in [-0.15, -0.1) is 10.2 Å². The van der Waals surface area contributed by atoms with Gasteiger partial charge in [0.15, 0.2) is 5.16 Å². The third-order valence-corrected chi connectivity index (χ3v) is 5.17. The number of halogens is 1. The molecule has 0 atom stereocenters. The number of thioether (sulfide) groups is 1. The Kier molecular flexibility index (Phi) is 6.70. The number of hydrogen-bond acceptors (Lipinski definition) is 4. The number of nitrogens with zero attached hydrogens (tertiary/aromatic N) is 4. The molecule has 1 aromatic heterocycles. The summed E-state index contributed by atoms with van der Waals surface area (Å²) in [6.45, 7) is 0. The Bertz CT molecular complexity index is 869. The molecule has 0 aliphatic heterocycles. The van der Waals surface area contributed by atoms with E-state index < -0.39 is 0 Å². The molecule has 0 N–H and O–H groups in total. The molecule has 6 heteroatoms. The van der Waals surface area contributed by atoms with Gasteiger partial charge in [-0.1, -0.05) is 53.7 Å². The Balaban J connectivity index is 1.84. The summed E-state index contributed by atoms with van der Waals surface area (Å²) in [5.41, 5.74) is 2.20. The van der Waals surface area contributed by atoms with Crippen molar-refractivity contribution in [2.75, 3.05) is 5.75 Å². The predicted molar refractivity (Wildman–Crippen MR) is 106 cm³/mol. The minimum atomic E-state index is 0.601. The normalized spacial score (nSPS) is 10.6. The van der Waals surface area contributed by atoms with E-state index in [4.69, 9.17) is 16.9 Å². The second kappa shape index (κ2) is 9.42. The number of aromatic nitrogens is 3. The smallest absolute Gasteiger partial charge is 0.195 e. The van der Waals surface area contributed by atoms with E-state index in [1.165, 1.54) is 5.56 Å². The Morgan fingerprint density at radius 3 is 2.50 bits per heavy atom. The lowest BCUT2D eigenvalue weighted by Crippen LogP contribution is -2.04. The van der Waals surface area contributed by atoms with Crippen molar-refractivity contribution in [3.63, 3.8) is 0 Å². The summed E-state index contributed by atoms with van der Waals surface area (Å²) in [6, 6.07) is 20.2. The van der Waals surface area contributed by atoms with Crippen molar-refractivity contribution in [2.45, 2.75) is 30.8 Å². The van der Waals surface area contributed by atoms with Gasteiger partial charge in [-0.05, 0) is 42.7 Å².